The summed E-state index contributed by atoms with van der Waals surface area (Å²) in [5, 5.41) is 103. The fourth-order valence-electron chi connectivity index (χ4n) is 10.8. The highest BCUT2D eigenvalue weighted by Crippen LogP contribution is 2.41. The molecule has 1 atom stereocenters. The number of nitrogens with zero attached hydrogens (tertiary/aromatic N) is 4. The first-order valence-corrected chi connectivity index (χ1v) is 34.6. The summed E-state index contributed by atoms with van der Waals surface area (Å²) in [5.41, 5.74) is 8.49. The number of halogens is 7. The molecular formula is C82H68BBrF6N8O15. The van der Waals surface area contributed by atoms with Crippen molar-refractivity contribution in [2.75, 3.05) is 21.3 Å². The van der Waals surface area contributed by atoms with Gasteiger partial charge >= 0.3 is 19.5 Å². The minimum Gasteiger partial charge on any atom is -0.423 e. The summed E-state index contributed by atoms with van der Waals surface area (Å²) in [4.78, 5) is 64.2. The fraction of sp³-hybridized carbons (Fsp3) is 0.0976. The van der Waals surface area contributed by atoms with Crippen LogP contribution in [0, 0.1) is 40.5 Å². The molecule has 0 aromatic heterocycles. The maximum absolute atomic E-state index is 12.9. The normalized spacial score (nSPS) is 11.1. The minimum absolute atomic E-state index is 0.0197. The number of hydrogen-bond donors (Lipinski definition) is 9. The zero-order chi connectivity index (χ0) is 81.8. The Morgan fingerprint density at radius 3 is 1.05 bits per heavy atom. The van der Waals surface area contributed by atoms with E-state index in [1.807, 2.05) is 127 Å². The van der Waals surface area contributed by atoms with Gasteiger partial charge in [0.15, 0.2) is 6.10 Å². The quantitative estimate of drug-likeness (QED) is 0.00677. The van der Waals surface area contributed by atoms with Gasteiger partial charge in [-0.2, -0.15) is 26.3 Å². The second kappa shape index (κ2) is 40.4. The fourth-order valence-corrected chi connectivity index (χ4v) is 11.1. The smallest absolute Gasteiger partial charge is 0.423 e. The van der Waals surface area contributed by atoms with Gasteiger partial charge in [-0.05, 0) is 133 Å². The van der Waals surface area contributed by atoms with Crippen molar-refractivity contribution in [3.8, 4) is 33.4 Å². The third kappa shape index (κ3) is 25.1. The first-order chi connectivity index (χ1) is 53.9. The average Bonchev–Trinajstić information content (AvgIpc) is 0.814. The lowest BCUT2D eigenvalue weighted by Crippen LogP contribution is -2.42. The first kappa shape index (κ1) is 85.3. The van der Waals surface area contributed by atoms with Crippen LogP contribution in [0.1, 0.15) is 60.2 Å². The van der Waals surface area contributed by atoms with Crippen molar-refractivity contribution < 1.29 is 81.0 Å². The van der Waals surface area contributed by atoms with E-state index in [1.165, 1.54) is 91.0 Å². The van der Waals surface area contributed by atoms with Crippen LogP contribution in [0.3, 0.4) is 0 Å². The molecule has 23 nitrogen and oxygen atoms in total. The molecule has 0 spiro atoms. The van der Waals surface area contributed by atoms with Gasteiger partial charge in [0, 0.05) is 71.6 Å². The number of aldehydes is 2. The number of nitro benzene ring substituents is 4. The van der Waals surface area contributed by atoms with E-state index in [0.29, 0.717) is 77.1 Å². The number of nitrogens with one attached hydrogen (secondary N) is 4. The van der Waals surface area contributed by atoms with Crippen LogP contribution in [0.4, 0.5) is 71.8 Å². The number of rotatable bonds is 24. The summed E-state index contributed by atoms with van der Waals surface area (Å²) in [6, 6.07) is 79.3. The molecule has 12 aromatic carbocycles. The third-order valence-electron chi connectivity index (χ3n) is 16.6. The Bertz CT molecular complexity index is 5240. The number of benzene rings is 12. The number of aliphatic hydroxyl groups is 3. The maximum atomic E-state index is 12.9. The number of aliphatic hydroxyl groups excluding tert-OH is 1. The van der Waals surface area contributed by atoms with E-state index in [9.17, 15) is 91.7 Å². The van der Waals surface area contributed by atoms with E-state index in [2.05, 4.69) is 37.2 Å². The molecule has 0 saturated heterocycles. The Hall–Kier alpha value is -13.3. The molecular weight excluding hydrogens is 1540 g/mol. The molecule has 0 radical (unpaired) electrons. The average molecular weight is 1610 g/mol. The zero-order valence-electron chi connectivity index (χ0n) is 59.1. The van der Waals surface area contributed by atoms with E-state index >= 15 is 0 Å². The standard InChI is InChI=1S/C21H17F3N2O4.C21H17F3N2O3.C20H16N2O3.C13H11BrN2O2.C7H7BO3/c22-21(23,24)20(27,28)17-8-4-7-15(11-17)16-9-10-19(26(29)30)18(12-16)25-13-14-5-2-1-3-6-14;22-21(23,24)20(27)17-8-4-7-15(11-17)16-9-10-19(26(28)29)18(12-16)25-13-14-5-2-1-3-6-14;23-14-16-7-4-8-17(11-16)18-9-10-20(22(24)25)19(12-18)21-13-15-5-2-1-3-6-15;14-11-6-7-13(16(17)18)12(8-11)15-9-10-4-2-1-3-5-10;9-5-6-2-1-3-7(4-6)8(10)11/h1-12,25,27-28H,13H2;1-12,20,25,27H,13H2;1-12,14,21H,13H2;1-8,15H,9H2;1-5,10-11H. The Morgan fingerprint density at radius 2 is 0.699 bits per heavy atom. The second-order valence-electron chi connectivity index (χ2n) is 24.5. The van der Waals surface area contributed by atoms with Crippen molar-refractivity contribution in [3.63, 3.8) is 0 Å². The molecule has 578 valence electrons. The van der Waals surface area contributed by atoms with Gasteiger partial charge in [0.25, 0.3) is 28.5 Å². The highest BCUT2D eigenvalue weighted by Gasteiger charge is 2.54. The van der Waals surface area contributed by atoms with Crippen molar-refractivity contribution in [1.29, 1.82) is 0 Å². The molecule has 0 heterocycles. The molecule has 12 aromatic rings. The minimum atomic E-state index is -5.29. The Kier molecular flexibility index (Phi) is 30.5. The molecule has 0 aliphatic carbocycles. The zero-order valence-corrected chi connectivity index (χ0v) is 60.7. The Morgan fingerprint density at radius 1 is 0.381 bits per heavy atom. The lowest BCUT2D eigenvalue weighted by atomic mass is 9.80. The molecule has 31 heteroatoms. The number of nitro groups is 4. The van der Waals surface area contributed by atoms with Crippen LogP contribution in [0.5, 0.6) is 0 Å². The van der Waals surface area contributed by atoms with E-state index in [-0.39, 0.29) is 50.2 Å². The van der Waals surface area contributed by atoms with Crippen LogP contribution in [0.15, 0.2) is 296 Å². The monoisotopic (exact) mass is 1610 g/mol. The van der Waals surface area contributed by atoms with Crippen molar-refractivity contribution in [1.82, 2.24) is 0 Å². The van der Waals surface area contributed by atoms with Gasteiger partial charge in [0.1, 0.15) is 35.3 Å². The molecule has 0 aliphatic rings. The summed E-state index contributed by atoms with van der Waals surface area (Å²) >= 11 is 3.31. The van der Waals surface area contributed by atoms with Crippen LogP contribution in [0.25, 0.3) is 33.4 Å². The van der Waals surface area contributed by atoms with Crippen LogP contribution in [0.2, 0.25) is 0 Å². The second-order valence-corrected chi connectivity index (χ2v) is 25.4. The molecule has 0 fully saturated rings. The van der Waals surface area contributed by atoms with Crippen LogP contribution < -0.4 is 26.7 Å². The largest absolute Gasteiger partial charge is 0.488 e. The van der Waals surface area contributed by atoms with Crippen LogP contribution in [-0.2, 0) is 32.0 Å². The predicted molar refractivity (Wildman–Crippen MR) is 422 cm³/mol. The highest BCUT2D eigenvalue weighted by atomic mass is 79.9. The SMILES string of the molecule is O=Cc1cccc(-c2ccc([N+](=O)[O-])c(NCc3ccccc3)c2)c1.O=Cc1cccc(B(O)O)c1.O=[N+]([O-])c1ccc(-c2cccc(C(O)(O)C(F)(F)F)c2)cc1NCc1ccccc1.O=[N+]([O-])c1ccc(-c2cccc(C(O)C(F)(F)F)c2)cc1NCc1ccccc1.O=[N+]([O-])c1ccc(Br)cc1NCc1ccccc1. The van der Waals surface area contributed by atoms with Gasteiger partial charge in [-0.15, -0.1) is 0 Å². The van der Waals surface area contributed by atoms with Crippen LogP contribution >= 0.6 is 15.9 Å². The molecule has 0 saturated carbocycles. The highest BCUT2D eigenvalue weighted by molar-refractivity contribution is 9.10. The van der Waals surface area contributed by atoms with E-state index in [1.54, 1.807) is 60.7 Å². The van der Waals surface area contributed by atoms with E-state index < -0.39 is 51.7 Å². The molecule has 0 aliphatic heterocycles. The number of hydrogen-bond acceptors (Lipinski definition) is 19. The predicted octanol–water partition coefficient (Wildman–Crippen LogP) is 17.9. The van der Waals surface area contributed by atoms with Gasteiger partial charge in [-0.3, -0.25) is 50.0 Å². The van der Waals surface area contributed by atoms with Gasteiger partial charge in [0.2, 0.25) is 0 Å². The van der Waals surface area contributed by atoms with Crippen molar-refractivity contribution >= 4 is 86.6 Å². The number of carbonyl (C=O) groups is 2. The van der Waals surface area contributed by atoms with Gasteiger partial charge < -0.3 is 46.6 Å². The Balaban J connectivity index is 0.000000183. The summed E-state index contributed by atoms with van der Waals surface area (Å²) in [6.07, 6.45) is -11.2. The summed E-state index contributed by atoms with van der Waals surface area (Å²) in [5.74, 6) is -4.02. The topological polar surface area (TPSA) is 356 Å². The van der Waals surface area contributed by atoms with Crippen LogP contribution in [-0.4, -0.2) is 77.1 Å². The summed E-state index contributed by atoms with van der Waals surface area (Å²) < 4.78 is 78.0. The Labute approximate surface area is 650 Å². The van der Waals surface area contributed by atoms with Gasteiger partial charge in [0.05, 0.1) is 19.7 Å². The molecule has 0 bridgehead atoms. The van der Waals surface area contributed by atoms with Gasteiger partial charge in [-0.1, -0.05) is 216 Å². The molecule has 12 rings (SSSR count). The summed E-state index contributed by atoms with van der Waals surface area (Å²) in [7, 11) is -1.50. The van der Waals surface area contributed by atoms with Gasteiger partial charge in [-0.25, -0.2) is 0 Å². The molecule has 9 N–H and O–H groups in total. The molecule has 113 heavy (non-hydrogen) atoms. The molecule has 0 amide bonds. The maximum Gasteiger partial charge on any atom is 0.488 e. The van der Waals surface area contributed by atoms with E-state index in [0.717, 1.165) is 56.3 Å². The van der Waals surface area contributed by atoms with Crippen molar-refractivity contribution in [2.45, 2.75) is 50.4 Å². The lowest BCUT2D eigenvalue weighted by Gasteiger charge is -2.25. The summed E-state index contributed by atoms with van der Waals surface area (Å²) in [6.45, 7) is 1.69. The first-order valence-electron chi connectivity index (χ1n) is 33.8. The van der Waals surface area contributed by atoms with Crippen molar-refractivity contribution in [2.24, 2.45) is 0 Å². The van der Waals surface area contributed by atoms with Crippen molar-refractivity contribution in [3.05, 3.63) is 381 Å². The lowest BCUT2D eigenvalue weighted by molar-refractivity contribution is -0.384. The number of carbonyl (C=O) groups excluding carboxylic acids is 2. The third-order valence-corrected chi connectivity index (χ3v) is 17.1. The number of anilines is 4. The van der Waals surface area contributed by atoms with E-state index in [4.69, 9.17) is 10.0 Å². The number of alkyl halides is 6. The molecule has 1 unspecified atom stereocenters.